The average molecular weight is 375 g/mol. The van der Waals surface area contributed by atoms with E-state index >= 15 is 0 Å². The highest BCUT2D eigenvalue weighted by atomic mass is 16.6. The van der Waals surface area contributed by atoms with E-state index in [9.17, 15) is 20.4 Å². The molecule has 1 rings (SSSR count). The van der Waals surface area contributed by atoms with Gasteiger partial charge in [0.25, 0.3) is 0 Å². The van der Waals surface area contributed by atoms with Crippen LogP contribution in [0.4, 0.5) is 0 Å². The molecule has 0 aromatic rings. The molecular formula is C21H42O5. The summed E-state index contributed by atoms with van der Waals surface area (Å²) in [4.78, 5) is 0. The molecule has 0 aromatic carbocycles. The Morgan fingerprint density at radius 2 is 1.38 bits per heavy atom. The van der Waals surface area contributed by atoms with E-state index in [0.717, 1.165) is 25.2 Å². The van der Waals surface area contributed by atoms with Crippen molar-refractivity contribution < 1.29 is 25.2 Å². The van der Waals surface area contributed by atoms with Crippen molar-refractivity contribution >= 4 is 0 Å². The first-order valence-electron chi connectivity index (χ1n) is 10.5. The van der Waals surface area contributed by atoms with Crippen molar-refractivity contribution in [1.29, 1.82) is 0 Å². The molecule has 1 aliphatic rings. The number of aliphatic hydroxyl groups excluding tert-OH is 4. The van der Waals surface area contributed by atoms with Gasteiger partial charge in [-0.25, -0.2) is 0 Å². The molecule has 5 unspecified atom stereocenters. The van der Waals surface area contributed by atoms with Crippen molar-refractivity contribution in [1.82, 2.24) is 0 Å². The average Bonchev–Trinajstić information content (AvgIpc) is 2.57. The number of aliphatic hydroxyl groups is 4. The summed E-state index contributed by atoms with van der Waals surface area (Å²) in [7, 11) is 0. The molecule has 0 radical (unpaired) electrons. The van der Waals surface area contributed by atoms with E-state index in [1.54, 1.807) is 0 Å². The van der Waals surface area contributed by atoms with Crippen LogP contribution >= 0.6 is 0 Å². The molecule has 0 saturated carbocycles. The molecule has 0 aliphatic carbocycles. The van der Waals surface area contributed by atoms with E-state index < -0.39 is 30.5 Å². The van der Waals surface area contributed by atoms with Crippen molar-refractivity contribution in [2.45, 2.75) is 110 Å². The van der Waals surface area contributed by atoms with Crippen LogP contribution in [0, 0.1) is 17.3 Å². The standard InChI is InChI=1S/C21H42O5/c1-15(2)12-10-8-6-5-7-9-11-13-21(3,4)17-16(14-22)26-20(25)19(24)18(17)23/h15-20,22-25H,5-14H2,1-4H3. The zero-order chi connectivity index (χ0) is 19.7. The Morgan fingerprint density at radius 1 is 0.846 bits per heavy atom. The van der Waals surface area contributed by atoms with Crippen molar-refractivity contribution in [3.63, 3.8) is 0 Å². The lowest BCUT2D eigenvalue weighted by Gasteiger charge is -2.47. The fourth-order valence-electron chi connectivity index (χ4n) is 4.25. The second kappa shape index (κ2) is 11.6. The summed E-state index contributed by atoms with van der Waals surface area (Å²) in [5, 5.41) is 39.6. The van der Waals surface area contributed by atoms with Gasteiger partial charge in [0.2, 0.25) is 0 Å². The Balaban J connectivity index is 2.31. The summed E-state index contributed by atoms with van der Waals surface area (Å²) in [5.74, 6) is 0.403. The Morgan fingerprint density at radius 3 is 1.92 bits per heavy atom. The first-order valence-corrected chi connectivity index (χ1v) is 10.5. The van der Waals surface area contributed by atoms with Gasteiger partial charge in [-0.3, -0.25) is 0 Å². The molecule has 4 N–H and O–H groups in total. The van der Waals surface area contributed by atoms with Gasteiger partial charge in [0.05, 0.1) is 18.8 Å². The molecule has 1 fully saturated rings. The van der Waals surface area contributed by atoms with E-state index in [2.05, 4.69) is 13.8 Å². The first kappa shape index (κ1) is 23.8. The molecule has 0 amide bonds. The topological polar surface area (TPSA) is 90.2 Å². The molecule has 26 heavy (non-hydrogen) atoms. The molecular weight excluding hydrogens is 332 g/mol. The molecule has 5 nitrogen and oxygen atoms in total. The summed E-state index contributed by atoms with van der Waals surface area (Å²) >= 11 is 0. The van der Waals surface area contributed by atoms with E-state index in [1.165, 1.54) is 38.5 Å². The largest absolute Gasteiger partial charge is 0.394 e. The Hall–Kier alpha value is -0.200. The van der Waals surface area contributed by atoms with Crippen molar-refractivity contribution in [2.75, 3.05) is 6.61 Å². The van der Waals surface area contributed by atoms with Crippen molar-refractivity contribution in [2.24, 2.45) is 17.3 Å². The lowest BCUT2D eigenvalue weighted by Crippen LogP contribution is -2.59. The highest BCUT2D eigenvalue weighted by molar-refractivity contribution is 4.95. The van der Waals surface area contributed by atoms with E-state index in [1.807, 2.05) is 13.8 Å². The highest BCUT2D eigenvalue weighted by Crippen LogP contribution is 2.42. The predicted molar refractivity (Wildman–Crippen MR) is 104 cm³/mol. The molecule has 5 heteroatoms. The molecule has 0 aromatic heterocycles. The molecule has 5 atom stereocenters. The number of rotatable bonds is 12. The van der Waals surface area contributed by atoms with Gasteiger partial charge >= 0.3 is 0 Å². The lowest BCUT2D eigenvalue weighted by molar-refractivity contribution is -0.288. The van der Waals surface area contributed by atoms with Gasteiger partial charge in [0, 0.05) is 5.92 Å². The third-order valence-corrected chi connectivity index (χ3v) is 5.91. The maximum atomic E-state index is 10.4. The minimum Gasteiger partial charge on any atom is -0.394 e. The molecule has 1 heterocycles. The van der Waals surface area contributed by atoms with Gasteiger partial charge in [-0.15, -0.1) is 0 Å². The van der Waals surface area contributed by atoms with Crippen LogP contribution in [0.2, 0.25) is 0 Å². The molecule has 0 bridgehead atoms. The van der Waals surface area contributed by atoms with Crippen LogP contribution in [0.3, 0.4) is 0 Å². The van der Waals surface area contributed by atoms with Crippen LogP contribution in [0.5, 0.6) is 0 Å². The predicted octanol–water partition coefficient (Wildman–Crippen LogP) is 3.23. The maximum Gasteiger partial charge on any atom is 0.183 e. The summed E-state index contributed by atoms with van der Waals surface area (Å²) in [6, 6.07) is 0. The molecule has 0 spiro atoms. The van der Waals surface area contributed by atoms with Gasteiger partial charge in [0.1, 0.15) is 6.10 Å². The number of unbranched alkanes of at least 4 members (excludes halogenated alkanes) is 6. The Labute approximate surface area is 159 Å². The molecule has 156 valence electrons. The van der Waals surface area contributed by atoms with E-state index in [0.29, 0.717) is 0 Å². The van der Waals surface area contributed by atoms with Crippen LogP contribution in [0.25, 0.3) is 0 Å². The summed E-state index contributed by atoms with van der Waals surface area (Å²) in [6.45, 7) is 8.37. The second-order valence-corrected chi connectivity index (χ2v) is 9.15. The van der Waals surface area contributed by atoms with Gasteiger partial charge in [-0.05, 0) is 17.8 Å². The minimum absolute atomic E-state index is 0.273. The summed E-state index contributed by atoms with van der Waals surface area (Å²) < 4.78 is 5.31. The minimum atomic E-state index is -1.44. The van der Waals surface area contributed by atoms with Crippen LogP contribution < -0.4 is 0 Å². The SMILES string of the molecule is CC(C)CCCCCCCCCC(C)(C)C1C(CO)OC(O)C(O)C1O. The third-order valence-electron chi connectivity index (χ3n) is 5.91. The zero-order valence-electron chi connectivity index (χ0n) is 17.2. The van der Waals surface area contributed by atoms with Gasteiger partial charge in [-0.1, -0.05) is 79.1 Å². The van der Waals surface area contributed by atoms with Crippen molar-refractivity contribution in [3.05, 3.63) is 0 Å². The van der Waals surface area contributed by atoms with Crippen LogP contribution in [0.15, 0.2) is 0 Å². The molecule has 1 saturated heterocycles. The zero-order valence-corrected chi connectivity index (χ0v) is 17.2. The monoisotopic (exact) mass is 374 g/mol. The van der Waals surface area contributed by atoms with Gasteiger partial charge in [0.15, 0.2) is 6.29 Å². The lowest BCUT2D eigenvalue weighted by atomic mass is 9.67. The molecule has 1 aliphatic heterocycles. The number of ether oxygens (including phenoxy) is 1. The first-order chi connectivity index (χ1) is 12.2. The number of hydrogen-bond acceptors (Lipinski definition) is 5. The fraction of sp³-hybridized carbons (Fsp3) is 1.00. The third kappa shape index (κ3) is 7.43. The van der Waals surface area contributed by atoms with Gasteiger partial charge in [-0.2, -0.15) is 0 Å². The van der Waals surface area contributed by atoms with E-state index in [4.69, 9.17) is 4.74 Å². The summed E-state index contributed by atoms with van der Waals surface area (Å²) in [5.41, 5.74) is -0.287. The summed E-state index contributed by atoms with van der Waals surface area (Å²) in [6.07, 6.45) is 6.40. The quantitative estimate of drug-likeness (QED) is 0.394. The fourth-order valence-corrected chi connectivity index (χ4v) is 4.25. The van der Waals surface area contributed by atoms with Crippen molar-refractivity contribution in [3.8, 4) is 0 Å². The van der Waals surface area contributed by atoms with E-state index in [-0.39, 0.29) is 12.0 Å². The smallest absolute Gasteiger partial charge is 0.183 e. The van der Waals surface area contributed by atoms with Crippen LogP contribution in [-0.2, 0) is 4.74 Å². The normalized spacial score (nSPS) is 30.1. The Bertz CT molecular complexity index is 369. The second-order valence-electron chi connectivity index (χ2n) is 9.15. The maximum absolute atomic E-state index is 10.4. The van der Waals surface area contributed by atoms with Crippen LogP contribution in [0.1, 0.15) is 85.5 Å². The number of hydrogen-bond donors (Lipinski definition) is 4. The van der Waals surface area contributed by atoms with Crippen LogP contribution in [-0.4, -0.2) is 51.6 Å². The Kier molecular flexibility index (Phi) is 10.6. The highest BCUT2D eigenvalue weighted by Gasteiger charge is 2.49. The van der Waals surface area contributed by atoms with Gasteiger partial charge < -0.3 is 25.2 Å².